The van der Waals surface area contributed by atoms with Gasteiger partial charge in [0.15, 0.2) is 23.8 Å². The normalized spacial score (nSPS) is 11.6. The summed E-state index contributed by atoms with van der Waals surface area (Å²) in [6, 6.07) is 26.7. The maximum Gasteiger partial charge on any atom is 0.287 e. The lowest BCUT2D eigenvalue weighted by Gasteiger charge is -2.24. The first-order valence-corrected chi connectivity index (χ1v) is 13.7. The zero-order chi connectivity index (χ0) is 29.0. The van der Waals surface area contributed by atoms with Gasteiger partial charge in [0.2, 0.25) is 11.2 Å². The minimum atomic E-state index is -0.670. The fourth-order valence-electron chi connectivity index (χ4n) is 5.78. The number of rotatable bonds is 5. The molecule has 0 radical (unpaired) electrons. The molecular weight excluding hydrogens is 552 g/mol. The molecule has 0 aliphatic carbocycles. The smallest absolute Gasteiger partial charge is 0.287 e. The number of benzene rings is 3. The molecule has 0 unspecified atom stereocenters. The van der Waals surface area contributed by atoms with Crippen LogP contribution in [0.1, 0.15) is 34.0 Å². The van der Waals surface area contributed by atoms with E-state index < -0.39 is 5.92 Å². The van der Waals surface area contributed by atoms with Gasteiger partial charge in [-0.05, 0) is 36.6 Å². The molecule has 0 aliphatic rings. The summed E-state index contributed by atoms with van der Waals surface area (Å²) in [7, 11) is 0. The van der Waals surface area contributed by atoms with Crippen LogP contribution in [0.25, 0.3) is 44.5 Å². The lowest BCUT2D eigenvalue weighted by molar-refractivity contribution is -0.576. The molecule has 42 heavy (non-hydrogen) atoms. The molecule has 9 heteroatoms. The van der Waals surface area contributed by atoms with Crippen LogP contribution in [-0.2, 0) is 0 Å². The van der Waals surface area contributed by atoms with Gasteiger partial charge in [0.1, 0.15) is 0 Å². The van der Waals surface area contributed by atoms with Gasteiger partial charge in [-0.25, -0.2) is 0 Å². The standard InChI is InChI=1S/C33H23ClN4O4/c1-19-30-32(41-35-19)28(24(17-37(30)39)21-11-5-3-6-12-21)27(23-15-9-10-16-26(23)34)29-25(22-13-7-4-8-14-22)18-38(40)31-20(2)36-42-33(29)31/h3-18,27H,1-2H3. The van der Waals surface area contributed by atoms with Gasteiger partial charge in [0.05, 0.1) is 11.1 Å². The maximum absolute atomic E-state index is 13.4. The number of aryl methyl sites for hydroxylation is 2. The lowest BCUT2D eigenvalue weighted by Crippen LogP contribution is -2.29. The highest BCUT2D eigenvalue weighted by Gasteiger charge is 2.37. The topological polar surface area (TPSA) is 106 Å². The predicted octanol–water partition coefficient (Wildman–Crippen LogP) is 7.02. The van der Waals surface area contributed by atoms with Crippen molar-refractivity contribution in [3.8, 4) is 22.3 Å². The third kappa shape index (κ3) is 3.99. The van der Waals surface area contributed by atoms with Gasteiger partial charge in [-0.3, -0.25) is 0 Å². The van der Waals surface area contributed by atoms with E-state index in [9.17, 15) is 10.4 Å². The van der Waals surface area contributed by atoms with Gasteiger partial charge in [0, 0.05) is 22.1 Å². The zero-order valence-electron chi connectivity index (χ0n) is 22.6. The van der Waals surface area contributed by atoms with Gasteiger partial charge in [-0.1, -0.05) is 101 Å². The third-order valence-corrected chi connectivity index (χ3v) is 7.97. The largest absolute Gasteiger partial charge is 0.618 e. The Bertz CT molecular complexity index is 1980. The highest BCUT2D eigenvalue weighted by Crippen LogP contribution is 2.48. The molecular formula is C33H23ClN4O4. The van der Waals surface area contributed by atoms with Crippen molar-refractivity contribution < 1.29 is 18.5 Å². The summed E-state index contributed by atoms with van der Waals surface area (Å²) < 4.78 is 13.5. The van der Waals surface area contributed by atoms with Crippen molar-refractivity contribution in [1.82, 2.24) is 10.3 Å². The van der Waals surface area contributed by atoms with Crippen molar-refractivity contribution >= 4 is 33.8 Å². The van der Waals surface area contributed by atoms with E-state index in [1.807, 2.05) is 84.9 Å². The van der Waals surface area contributed by atoms with Gasteiger partial charge in [-0.15, -0.1) is 0 Å². The second-order valence-corrected chi connectivity index (χ2v) is 10.5. The van der Waals surface area contributed by atoms with E-state index >= 15 is 0 Å². The van der Waals surface area contributed by atoms with Crippen molar-refractivity contribution in [2.45, 2.75) is 19.8 Å². The molecule has 7 rings (SSSR count). The molecule has 0 bridgehead atoms. The van der Waals surface area contributed by atoms with Crippen LogP contribution in [0.2, 0.25) is 5.02 Å². The molecule has 206 valence electrons. The first-order chi connectivity index (χ1) is 20.4. The second-order valence-electron chi connectivity index (χ2n) is 10.1. The number of nitrogens with zero attached hydrogens (tertiary/aromatic N) is 4. The summed E-state index contributed by atoms with van der Waals surface area (Å²) in [5, 5.41) is 35.7. The van der Waals surface area contributed by atoms with Crippen molar-refractivity contribution in [3.63, 3.8) is 0 Å². The van der Waals surface area contributed by atoms with Crippen molar-refractivity contribution in [2.24, 2.45) is 0 Å². The fourth-order valence-corrected chi connectivity index (χ4v) is 6.03. The molecule has 0 amide bonds. The maximum atomic E-state index is 13.4. The van der Waals surface area contributed by atoms with E-state index in [4.69, 9.17) is 20.6 Å². The van der Waals surface area contributed by atoms with E-state index in [1.165, 1.54) is 0 Å². The minimum absolute atomic E-state index is 0.308. The van der Waals surface area contributed by atoms with E-state index in [1.54, 1.807) is 26.2 Å². The van der Waals surface area contributed by atoms with Crippen LogP contribution < -0.4 is 9.46 Å². The third-order valence-electron chi connectivity index (χ3n) is 7.63. The van der Waals surface area contributed by atoms with Crippen LogP contribution >= 0.6 is 11.6 Å². The summed E-state index contributed by atoms with van der Waals surface area (Å²) in [5.74, 6) is -0.670. The minimum Gasteiger partial charge on any atom is -0.618 e. The molecule has 4 aromatic heterocycles. The summed E-state index contributed by atoms with van der Waals surface area (Å²) >= 11 is 6.96. The Morgan fingerprint density at radius 2 is 1.07 bits per heavy atom. The highest BCUT2D eigenvalue weighted by atomic mass is 35.5. The van der Waals surface area contributed by atoms with Crippen molar-refractivity contribution in [2.75, 3.05) is 0 Å². The molecule has 8 nitrogen and oxygen atoms in total. The summed E-state index contributed by atoms with van der Waals surface area (Å²) in [4.78, 5) is 0. The van der Waals surface area contributed by atoms with Crippen molar-refractivity contribution in [1.29, 1.82) is 0 Å². The molecule has 0 saturated carbocycles. The summed E-state index contributed by atoms with van der Waals surface area (Å²) in [6.45, 7) is 3.46. The molecule has 0 saturated heterocycles. The first-order valence-electron chi connectivity index (χ1n) is 13.3. The Morgan fingerprint density at radius 3 is 1.52 bits per heavy atom. The molecule has 0 aliphatic heterocycles. The van der Waals surface area contributed by atoms with Gasteiger partial charge in [0.25, 0.3) is 11.0 Å². The van der Waals surface area contributed by atoms with Crippen LogP contribution in [0.3, 0.4) is 0 Å². The van der Waals surface area contributed by atoms with E-state index in [0.29, 0.717) is 60.9 Å². The quantitative estimate of drug-likeness (QED) is 0.161. The predicted molar refractivity (Wildman–Crippen MR) is 159 cm³/mol. The monoisotopic (exact) mass is 574 g/mol. The highest BCUT2D eigenvalue weighted by molar-refractivity contribution is 6.31. The van der Waals surface area contributed by atoms with Gasteiger partial charge in [-0.2, -0.15) is 9.46 Å². The average Bonchev–Trinajstić information content (AvgIpc) is 3.60. The van der Waals surface area contributed by atoms with Crippen LogP contribution in [0.15, 0.2) is 106 Å². The van der Waals surface area contributed by atoms with Crippen LogP contribution in [0, 0.1) is 24.3 Å². The van der Waals surface area contributed by atoms with Crippen LogP contribution in [0.4, 0.5) is 0 Å². The lowest BCUT2D eigenvalue weighted by atomic mass is 9.78. The van der Waals surface area contributed by atoms with E-state index in [0.717, 1.165) is 26.2 Å². The first kappa shape index (κ1) is 25.7. The Balaban J connectivity index is 1.71. The number of halogens is 1. The molecule has 0 atom stereocenters. The summed E-state index contributed by atoms with van der Waals surface area (Å²) in [6.07, 6.45) is 3.09. The molecule has 4 heterocycles. The van der Waals surface area contributed by atoms with Gasteiger partial charge >= 0.3 is 0 Å². The van der Waals surface area contributed by atoms with Crippen molar-refractivity contribution in [3.05, 3.63) is 141 Å². The number of pyridine rings is 2. The number of hydrogen-bond acceptors (Lipinski definition) is 6. The van der Waals surface area contributed by atoms with Gasteiger partial charge < -0.3 is 19.5 Å². The fraction of sp³-hybridized carbons (Fsp3) is 0.0909. The average molecular weight is 575 g/mol. The molecule has 0 fully saturated rings. The summed E-state index contributed by atoms with van der Waals surface area (Å²) in [5.41, 5.74) is 7.05. The van der Waals surface area contributed by atoms with E-state index in [2.05, 4.69) is 10.3 Å². The molecule has 0 spiro atoms. The van der Waals surface area contributed by atoms with E-state index in [-0.39, 0.29) is 0 Å². The zero-order valence-corrected chi connectivity index (χ0v) is 23.4. The van der Waals surface area contributed by atoms with Crippen LogP contribution in [-0.4, -0.2) is 10.3 Å². The van der Waals surface area contributed by atoms with Crippen LogP contribution in [0.5, 0.6) is 0 Å². The Kier molecular flexibility index (Phi) is 6.13. The number of aromatic nitrogens is 4. The number of fused-ring (bicyclic) bond motifs is 2. The molecule has 7 aromatic rings. The Morgan fingerprint density at radius 1 is 0.643 bits per heavy atom. The number of hydrogen-bond donors (Lipinski definition) is 0. The Labute approximate surface area is 245 Å². The molecule has 3 aromatic carbocycles. The Hall–Kier alpha value is -5.21. The SMILES string of the molecule is Cc1noc2c(C(c3ccccc3Cl)c3c(-c4ccccc4)c[n+]([O-])c4c(C)noc34)c(-c3ccccc3)c[n+]([O-])c12. The second kappa shape index (κ2) is 10.0. The molecule has 0 N–H and O–H groups in total.